The van der Waals surface area contributed by atoms with Crippen LogP contribution in [0.25, 0.3) is 0 Å². The van der Waals surface area contributed by atoms with Crippen molar-refractivity contribution in [2.24, 2.45) is 0 Å². The van der Waals surface area contributed by atoms with Gasteiger partial charge in [-0.15, -0.1) is 0 Å². The van der Waals surface area contributed by atoms with Crippen LogP contribution in [0.2, 0.25) is 0 Å². The highest BCUT2D eigenvalue weighted by atomic mass is 16.2. The molecule has 0 rings (SSSR count). The van der Waals surface area contributed by atoms with E-state index in [1.165, 1.54) is 38.8 Å². The van der Waals surface area contributed by atoms with Crippen LogP contribution in [0.1, 0.15) is 53.4 Å². The van der Waals surface area contributed by atoms with Gasteiger partial charge in [0.05, 0.1) is 0 Å². The van der Waals surface area contributed by atoms with Gasteiger partial charge in [-0.05, 0) is 25.9 Å². The van der Waals surface area contributed by atoms with Crippen LogP contribution in [0.5, 0.6) is 0 Å². The maximum atomic E-state index is 7.00. The van der Waals surface area contributed by atoms with E-state index >= 15 is 0 Å². The summed E-state index contributed by atoms with van der Waals surface area (Å²) < 4.78 is 0. The van der Waals surface area contributed by atoms with E-state index in [2.05, 4.69) is 19.2 Å². The van der Waals surface area contributed by atoms with Gasteiger partial charge in [0.2, 0.25) is 0 Å². The minimum Gasteiger partial charge on any atom is -0.400 e. The summed E-state index contributed by atoms with van der Waals surface area (Å²) in [6, 6.07) is 0. The zero-order valence-electron chi connectivity index (χ0n) is 10.2. The molecular formula is C11H29NO. The maximum absolute atomic E-state index is 7.00. The van der Waals surface area contributed by atoms with E-state index in [1.807, 2.05) is 13.8 Å². The summed E-state index contributed by atoms with van der Waals surface area (Å²) in [6.45, 7) is 10.9. The lowest BCUT2D eigenvalue weighted by atomic mass is 10.3. The van der Waals surface area contributed by atoms with Crippen molar-refractivity contribution >= 4 is 0 Å². The van der Waals surface area contributed by atoms with Crippen LogP contribution in [0, 0.1) is 0 Å². The smallest absolute Gasteiger partial charge is 0.0319 e. The number of rotatable bonds is 6. The van der Waals surface area contributed by atoms with Crippen molar-refractivity contribution in [3.8, 4) is 0 Å². The Morgan fingerprint density at radius 1 is 0.846 bits per heavy atom. The first kappa shape index (κ1) is 18.7. The van der Waals surface area contributed by atoms with Crippen LogP contribution < -0.4 is 5.32 Å². The highest BCUT2D eigenvalue weighted by molar-refractivity contribution is 4.45. The zero-order chi connectivity index (χ0) is 10.9. The third-order valence-corrected chi connectivity index (χ3v) is 1.41. The average molecular weight is 191 g/mol. The van der Waals surface area contributed by atoms with E-state index in [9.17, 15) is 0 Å². The largest absolute Gasteiger partial charge is 0.400 e. The second kappa shape index (κ2) is 29.7. The van der Waals surface area contributed by atoms with Crippen LogP contribution in [0.15, 0.2) is 0 Å². The lowest BCUT2D eigenvalue weighted by molar-refractivity contribution is 0.399. The van der Waals surface area contributed by atoms with Crippen molar-refractivity contribution in [3.63, 3.8) is 0 Å². The highest BCUT2D eigenvalue weighted by Gasteiger charge is 1.83. The molecule has 0 fully saturated rings. The third-order valence-electron chi connectivity index (χ3n) is 1.41. The molecule has 2 heteroatoms. The van der Waals surface area contributed by atoms with Gasteiger partial charge in [-0.1, -0.05) is 40.5 Å². The SMILES string of the molecule is CC.CCCCNCCCC.CO. The third kappa shape index (κ3) is 33.5. The van der Waals surface area contributed by atoms with Crippen molar-refractivity contribution in [2.45, 2.75) is 53.4 Å². The summed E-state index contributed by atoms with van der Waals surface area (Å²) >= 11 is 0. The molecule has 2 N–H and O–H groups in total. The Labute approximate surface area is 84.7 Å². The second-order valence-corrected chi connectivity index (χ2v) is 2.46. The molecule has 0 atom stereocenters. The van der Waals surface area contributed by atoms with Gasteiger partial charge >= 0.3 is 0 Å². The van der Waals surface area contributed by atoms with Crippen LogP contribution in [-0.4, -0.2) is 25.3 Å². The van der Waals surface area contributed by atoms with E-state index in [0.717, 1.165) is 7.11 Å². The van der Waals surface area contributed by atoms with Gasteiger partial charge < -0.3 is 10.4 Å². The monoisotopic (exact) mass is 191 g/mol. The number of hydrogen-bond acceptors (Lipinski definition) is 2. The van der Waals surface area contributed by atoms with Crippen LogP contribution in [0.3, 0.4) is 0 Å². The minimum absolute atomic E-state index is 1.00. The van der Waals surface area contributed by atoms with Gasteiger partial charge in [-0.3, -0.25) is 0 Å². The summed E-state index contributed by atoms with van der Waals surface area (Å²) in [7, 11) is 1.00. The Hall–Kier alpha value is -0.0800. The number of nitrogens with one attached hydrogen (secondary N) is 1. The van der Waals surface area contributed by atoms with Crippen molar-refractivity contribution in [2.75, 3.05) is 20.2 Å². The lowest BCUT2D eigenvalue weighted by Crippen LogP contribution is -2.15. The predicted molar refractivity (Wildman–Crippen MR) is 62.2 cm³/mol. The molecule has 0 heterocycles. The Kier molecular flexibility index (Phi) is 42.6. The van der Waals surface area contributed by atoms with Gasteiger partial charge in [0, 0.05) is 7.11 Å². The molecule has 0 aliphatic rings. The van der Waals surface area contributed by atoms with E-state index in [1.54, 1.807) is 0 Å². The Morgan fingerprint density at radius 2 is 1.15 bits per heavy atom. The zero-order valence-corrected chi connectivity index (χ0v) is 10.2. The maximum Gasteiger partial charge on any atom is 0.0319 e. The number of aliphatic hydroxyl groups excluding tert-OH is 1. The number of unbranched alkanes of at least 4 members (excludes halogenated alkanes) is 2. The fourth-order valence-electron chi connectivity index (χ4n) is 0.729. The molecule has 0 aromatic rings. The second-order valence-electron chi connectivity index (χ2n) is 2.46. The summed E-state index contributed by atoms with van der Waals surface area (Å²) in [4.78, 5) is 0. The first-order chi connectivity index (χ1) is 6.41. The predicted octanol–water partition coefficient (Wildman–Crippen LogP) is 2.81. The Balaban J connectivity index is -0.000000218. The molecule has 0 radical (unpaired) electrons. The lowest BCUT2D eigenvalue weighted by Gasteiger charge is -1.99. The van der Waals surface area contributed by atoms with Crippen molar-refractivity contribution in [1.29, 1.82) is 0 Å². The number of hydrogen-bond donors (Lipinski definition) is 2. The first-order valence-corrected chi connectivity index (χ1v) is 5.57. The van der Waals surface area contributed by atoms with Crippen molar-refractivity contribution in [3.05, 3.63) is 0 Å². The summed E-state index contributed by atoms with van der Waals surface area (Å²) in [5.74, 6) is 0. The molecular weight excluding hydrogens is 162 g/mol. The molecule has 0 aliphatic heterocycles. The summed E-state index contributed by atoms with van der Waals surface area (Å²) in [5.41, 5.74) is 0. The van der Waals surface area contributed by atoms with E-state index in [-0.39, 0.29) is 0 Å². The topological polar surface area (TPSA) is 32.3 Å². The molecule has 0 saturated heterocycles. The molecule has 0 amide bonds. The van der Waals surface area contributed by atoms with Crippen LogP contribution in [0.4, 0.5) is 0 Å². The van der Waals surface area contributed by atoms with Gasteiger partial charge in [0.15, 0.2) is 0 Å². The van der Waals surface area contributed by atoms with Crippen molar-refractivity contribution in [1.82, 2.24) is 5.32 Å². The van der Waals surface area contributed by atoms with Gasteiger partial charge in [0.25, 0.3) is 0 Å². The Morgan fingerprint density at radius 3 is 1.38 bits per heavy atom. The van der Waals surface area contributed by atoms with E-state index in [0.29, 0.717) is 0 Å². The summed E-state index contributed by atoms with van der Waals surface area (Å²) in [6.07, 6.45) is 5.26. The van der Waals surface area contributed by atoms with Crippen LogP contribution in [-0.2, 0) is 0 Å². The first-order valence-electron chi connectivity index (χ1n) is 5.57. The molecule has 84 valence electrons. The summed E-state index contributed by atoms with van der Waals surface area (Å²) in [5, 5.41) is 10.4. The quantitative estimate of drug-likeness (QED) is 0.633. The molecule has 0 aromatic carbocycles. The van der Waals surface area contributed by atoms with E-state index < -0.39 is 0 Å². The molecule has 0 spiro atoms. The van der Waals surface area contributed by atoms with Crippen molar-refractivity contribution < 1.29 is 5.11 Å². The van der Waals surface area contributed by atoms with Gasteiger partial charge in [-0.2, -0.15) is 0 Å². The Bertz CT molecular complexity index is 43.4. The molecule has 0 aromatic heterocycles. The minimum atomic E-state index is 1.00. The normalized spacial score (nSPS) is 7.85. The molecule has 0 saturated carbocycles. The number of aliphatic hydroxyl groups is 1. The molecule has 2 nitrogen and oxygen atoms in total. The van der Waals surface area contributed by atoms with Gasteiger partial charge in [0.1, 0.15) is 0 Å². The fraction of sp³-hybridized carbons (Fsp3) is 1.00. The standard InChI is InChI=1S/C8H19N.C2H6.CH4O/c1-3-5-7-9-8-6-4-2;2*1-2/h9H,3-8H2,1-2H3;1-2H3;2H,1H3. The molecule has 0 bridgehead atoms. The molecule has 0 unspecified atom stereocenters. The molecule has 13 heavy (non-hydrogen) atoms. The average Bonchev–Trinajstić information content (AvgIpc) is 2.24. The van der Waals surface area contributed by atoms with E-state index in [4.69, 9.17) is 5.11 Å². The van der Waals surface area contributed by atoms with Gasteiger partial charge in [-0.25, -0.2) is 0 Å². The van der Waals surface area contributed by atoms with Crippen LogP contribution >= 0.6 is 0 Å². The fourth-order valence-corrected chi connectivity index (χ4v) is 0.729. The molecule has 0 aliphatic carbocycles. The highest BCUT2D eigenvalue weighted by Crippen LogP contribution is 1.85.